The molecule has 1 aromatic rings. The van der Waals surface area contributed by atoms with Crippen LogP contribution in [0.2, 0.25) is 0 Å². The maximum Gasteiger partial charge on any atom is 0.287 e. The number of nitro groups is 1. The van der Waals surface area contributed by atoms with E-state index in [1.165, 1.54) is 12.3 Å². The molecular weight excluding hydrogens is 302 g/mol. The molecule has 0 aliphatic rings. The predicted octanol–water partition coefficient (Wildman–Crippen LogP) is 2.61. The summed E-state index contributed by atoms with van der Waals surface area (Å²) in [6.45, 7) is 3.98. The van der Waals surface area contributed by atoms with Gasteiger partial charge in [-0.25, -0.2) is 0 Å². The third-order valence-corrected chi connectivity index (χ3v) is 4.18. The fourth-order valence-electron chi connectivity index (χ4n) is 1.58. The minimum absolute atomic E-state index is 0.113. The second kappa shape index (κ2) is 5.99. The number of nitrogens with zero attached hydrogens (tertiary/aromatic N) is 1. The Morgan fingerprint density at radius 1 is 1.56 bits per heavy atom. The van der Waals surface area contributed by atoms with Crippen molar-refractivity contribution in [2.24, 2.45) is 0 Å². The Labute approximate surface area is 113 Å². The lowest BCUT2D eigenvalue weighted by molar-refractivity contribution is -0.384. The van der Waals surface area contributed by atoms with Gasteiger partial charge in [0.05, 0.1) is 11.1 Å². The summed E-state index contributed by atoms with van der Waals surface area (Å²) in [7, 11) is 0. The largest absolute Gasteiger partial charge is 0.351 e. The van der Waals surface area contributed by atoms with Gasteiger partial charge in [0.1, 0.15) is 5.69 Å². The number of alkyl halides is 1. The van der Waals surface area contributed by atoms with Crippen LogP contribution in [0.3, 0.4) is 0 Å². The number of amides is 1. The maximum absolute atomic E-state index is 12.0. The van der Waals surface area contributed by atoms with Crippen LogP contribution in [-0.4, -0.2) is 26.7 Å². The SMILES string of the molecule is CCC(CC)(CBr)NC(=O)c1cc([N+](=O)[O-])c[nH]1. The van der Waals surface area contributed by atoms with Gasteiger partial charge in [-0.15, -0.1) is 0 Å². The first-order chi connectivity index (χ1) is 8.48. The van der Waals surface area contributed by atoms with Crippen molar-refractivity contribution in [1.82, 2.24) is 10.3 Å². The number of carbonyl (C=O) groups is 1. The summed E-state index contributed by atoms with van der Waals surface area (Å²) in [4.78, 5) is 24.6. The number of H-pyrrole nitrogens is 1. The van der Waals surface area contributed by atoms with Crippen molar-refractivity contribution in [2.75, 3.05) is 5.33 Å². The average molecular weight is 318 g/mol. The monoisotopic (exact) mass is 317 g/mol. The van der Waals surface area contributed by atoms with Crippen molar-refractivity contribution in [3.05, 3.63) is 28.1 Å². The molecule has 1 aromatic heterocycles. The van der Waals surface area contributed by atoms with E-state index in [-0.39, 0.29) is 22.8 Å². The summed E-state index contributed by atoms with van der Waals surface area (Å²) in [5.74, 6) is -0.328. The number of rotatable bonds is 6. The molecule has 1 rings (SSSR count). The third kappa shape index (κ3) is 3.10. The van der Waals surface area contributed by atoms with Gasteiger partial charge in [-0.3, -0.25) is 14.9 Å². The van der Waals surface area contributed by atoms with Crippen LogP contribution in [-0.2, 0) is 0 Å². The number of carbonyl (C=O) groups excluding carboxylic acids is 1. The molecule has 0 bridgehead atoms. The molecule has 0 aliphatic carbocycles. The van der Waals surface area contributed by atoms with E-state index < -0.39 is 4.92 Å². The smallest absolute Gasteiger partial charge is 0.287 e. The number of hydrogen-bond donors (Lipinski definition) is 2. The third-order valence-electron chi connectivity index (χ3n) is 3.11. The fourth-order valence-corrected chi connectivity index (χ4v) is 2.51. The van der Waals surface area contributed by atoms with Crippen LogP contribution >= 0.6 is 15.9 Å². The molecule has 0 unspecified atom stereocenters. The molecule has 1 amide bonds. The molecule has 0 saturated carbocycles. The van der Waals surface area contributed by atoms with E-state index in [9.17, 15) is 14.9 Å². The van der Waals surface area contributed by atoms with E-state index in [0.717, 1.165) is 12.8 Å². The summed E-state index contributed by atoms with van der Waals surface area (Å²) < 4.78 is 0. The van der Waals surface area contributed by atoms with Crippen molar-refractivity contribution in [1.29, 1.82) is 0 Å². The molecule has 0 radical (unpaired) electrons. The van der Waals surface area contributed by atoms with E-state index in [1.54, 1.807) is 0 Å². The molecule has 0 fully saturated rings. The van der Waals surface area contributed by atoms with Crippen molar-refractivity contribution in [3.63, 3.8) is 0 Å². The number of aromatic amines is 1. The molecule has 2 N–H and O–H groups in total. The normalized spacial score (nSPS) is 11.3. The Bertz CT molecular complexity index is 432. The first kappa shape index (κ1) is 14.7. The van der Waals surface area contributed by atoms with Crippen LogP contribution in [0.1, 0.15) is 37.2 Å². The topological polar surface area (TPSA) is 88.0 Å². The van der Waals surface area contributed by atoms with Gasteiger partial charge < -0.3 is 10.3 Å². The number of aromatic nitrogens is 1. The van der Waals surface area contributed by atoms with Gasteiger partial charge >= 0.3 is 0 Å². The minimum Gasteiger partial charge on any atom is -0.351 e. The lowest BCUT2D eigenvalue weighted by Gasteiger charge is -2.30. The molecule has 0 aliphatic heterocycles. The number of nitrogens with one attached hydrogen (secondary N) is 2. The van der Waals surface area contributed by atoms with Gasteiger partial charge in [0.25, 0.3) is 11.6 Å². The Hall–Kier alpha value is -1.37. The zero-order chi connectivity index (χ0) is 13.8. The van der Waals surface area contributed by atoms with Crippen LogP contribution in [0.25, 0.3) is 0 Å². The molecule has 0 atom stereocenters. The lowest BCUT2D eigenvalue weighted by atomic mass is 9.95. The Morgan fingerprint density at radius 3 is 2.56 bits per heavy atom. The predicted molar refractivity (Wildman–Crippen MR) is 72.0 cm³/mol. The van der Waals surface area contributed by atoms with Gasteiger partial charge in [0.2, 0.25) is 0 Å². The molecule has 1 heterocycles. The minimum atomic E-state index is -0.537. The van der Waals surface area contributed by atoms with Crippen molar-refractivity contribution in [2.45, 2.75) is 32.2 Å². The van der Waals surface area contributed by atoms with E-state index in [0.29, 0.717) is 5.33 Å². The standard InChI is InChI=1S/C11H16BrN3O3/c1-3-11(4-2,7-12)14-10(16)9-5-8(6-13-9)15(17)18/h5-6,13H,3-4,7H2,1-2H3,(H,14,16). The summed E-state index contributed by atoms with van der Waals surface area (Å²) in [6, 6.07) is 1.24. The van der Waals surface area contributed by atoms with Gasteiger partial charge in [-0.2, -0.15) is 0 Å². The molecular formula is C11H16BrN3O3. The highest BCUT2D eigenvalue weighted by Gasteiger charge is 2.28. The first-order valence-electron chi connectivity index (χ1n) is 5.69. The fraction of sp³-hybridized carbons (Fsp3) is 0.545. The highest BCUT2D eigenvalue weighted by molar-refractivity contribution is 9.09. The molecule has 0 aromatic carbocycles. The molecule has 7 heteroatoms. The van der Waals surface area contributed by atoms with Gasteiger partial charge in [0, 0.05) is 16.9 Å². The summed E-state index contributed by atoms with van der Waals surface area (Å²) in [5, 5.41) is 14.1. The number of hydrogen-bond acceptors (Lipinski definition) is 3. The molecule has 18 heavy (non-hydrogen) atoms. The van der Waals surface area contributed by atoms with E-state index in [1.807, 2.05) is 13.8 Å². The Balaban J connectivity index is 2.84. The van der Waals surface area contributed by atoms with E-state index >= 15 is 0 Å². The highest BCUT2D eigenvalue weighted by Crippen LogP contribution is 2.19. The summed E-state index contributed by atoms with van der Waals surface area (Å²) in [5.41, 5.74) is -0.233. The summed E-state index contributed by atoms with van der Waals surface area (Å²) >= 11 is 3.39. The van der Waals surface area contributed by atoms with Crippen molar-refractivity contribution < 1.29 is 9.72 Å². The first-order valence-corrected chi connectivity index (χ1v) is 6.81. The average Bonchev–Trinajstić information content (AvgIpc) is 2.86. The zero-order valence-electron chi connectivity index (χ0n) is 10.3. The Morgan fingerprint density at radius 2 is 2.17 bits per heavy atom. The number of halogens is 1. The molecule has 100 valence electrons. The van der Waals surface area contributed by atoms with E-state index in [2.05, 4.69) is 26.2 Å². The van der Waals surface area contributed by atoms with Crippen LogP contribution < -0.4 is 5.32 Å². The second-order valence-corrected chi connectivity index (χ2v) is 4.66. The van der Waals surface area contributed by atoms with Gasteiger partial charge in [-0.1, -0.05) is 29.8 Å². The quantitative estimate of drug-likeness (QED) is 0.480. The molecule has 6 nitrogen and oxygen atoms in total. The van der Waals surface area contributed by atoms with Crippen molar-refractivity contribution in [3.8, 4) is 0 Å². The van der Waals surface area contributed by atoms with Crippen molar-refractivity contribution >= 4 is 27.5 Å². The van der Waals surface area contributed by atoms with Crippen LogP contribution in [0.4, 0.5) is 5.69 Å². The highest BCUT2D eigenvalue weighted by atomic mass is 79.9. The van der Waals surface area contributed by atoms with Crippen LogP contribution in [0.5, 0.6) is 0 Å². The summed E-state index contributed by atoms with van der Waals surface area (Å²) in [6.07, 6.45) is 2.77. The van der Waals surface area contributed by atoms with E-state index in [4.69, 9.17) is 0 Å². The molecule has 0 spiro atoms. The van der Waals surface area contributed by atoms with Gasteiger partial charge in [0.15, 0.2) is 0 Å². The zero-order valence-corrected chi connectivity index (χ0v) is 11.9. The lowest BCUT2D eigenvalue weighted by Crippen LogP contribution is -2.49. The second-order valence-electron chi connectivity index (χ2n) is 4.10. The molecule has 0 saturated heterocycles. The van der Waals surface area contributed by atoms with Crippen LogP contribution in [0.15, 0.2) is 12.3 Å². The van der Waals surface area contributed by atoms with Crippen LogP contribution in [0, 0.1) is 10.1 Å². The van der Waals surface area contributed by atoms with Gasteiger partial charge in [-0.05, 0) is 12.8 Å². The Kier molecular flexibility index (Phi) is 4.89. The maximum atomic E-state index is 12.0.